The normalized spacial score (nSPS) is 26.1. The summed E-state index contributed by atoms with van der Waals surface area (Å²) in [6.07, 6.45) is 3.22. The van der Waals surface area contributed by atoms with Crippen molar-refractivity contribution < 1.29 is 19.1 Å². The summed E-state index contributed by atoms with van der Waals surface area (Å²) < 4.78 is 5.38. The van der Waals surface area contributed by atoms with Crippen molar-refractivity contribution in [2.75, 3.05) is 0 Å². The molecule has 4 atom stereocenters. The van der Waals surface area contributed by atoms with E-state index in [4.69, 9.17) is 4.74 Å². The van der Waals surface area contributed by atoms with E-state index in [9.17, 15) is 14.4 Å². The molecule has 7 nitrogen and oxygen atoms in total. The second-order valence-corrected chi connectivity index (χ2v) is 10.2. The first-order chi connectivity index (χ1) is 13.1. The van der Waals surface area contributed by atoms with Gasteiger partial charge in [0.15, 0.2) is 0 Å². The van der Waals surface area contributed by atoms with Crippen molar-refractivity contribution in [2.45, 2.75) is 97.4 Å². The molecule has 3 amide bonds. The maximum atomic E-state index is 13.5. The summed E-state index contributed by atoms with van der Waals surface area (Å²) in [4.78, 5) is 37.9. The van der Waals surface area contributed by atoms with Gasteiger partial charge in [0.1, 0.15) is 11.1 Å². The molecule has 0 bridgehead atoms. The summed E-state index contributed by atoms with van der Waals surface area (Å²) in [6, 6.07) is -0.381. The van der Waals surface area contributed by atoms with Crippen molar-refractivity contribution in [3.63, 3.8) is 0 Å². The molecule has 166 valence electrons. The lowest BCUT2D eigenvalue weighted by molar-refractivity contribution is -0.139. The Balaban J connectivity index is 3.26. The number of allylic oxidation sites excluding steroid dienone is 1. The highest BCUT2D eigenvalue weighted by molar-refractivity contribution is 5.92. The molecule has 29 heavy (non-hydrogen) atoms. The lowest BCUT2D eigenvalue weighted by Crippen LogP contribution is -2.69. The molecule has 1 aliphatic carbocycles. The van der Waals surface area contributed by atoms with Gasteiger partial charge in [0.2, 0.25) is 11.8 Å². The zero-order chi connectivity index (χ0) is 22.6. The summed E-state index contributed by atoms with van der Waals surface area (Å²) in [7, 11) is 0. The SMILES string of the molecule is C=C[C@@H]1CC[C@@H](C(C)NC(=O)OC(C)(C)C)[C@@](NC(C)=O)(C(=O)NC(C)(C)C)C1. The molecule has 1 fully saturated rings. The molecule has 3 N–H and O–H groups in total. The first kappa shape index (κ1) is 25.0. The molecule has 1 rings (SSSR count). The zero-order valence-electron chi connectivity index (χ0n) is 19.3. The Morgan fingerprint density at radius 1 is 1.14 bits per heavy atom. The summed E-state index contributed by atoms with van der Waals surface area (Å²) in [5.41, 5.74) is -2.23. The smallest absolute Gasteiger partial charge is 0.407 e. The molecule has 0 spiro atoms. The second-order valence-electron chi connectivity index (χ2n) is 10.2. The number of rotatable bonds is 5. The van der Waals surface area contributed by atoms with Gasteiger partial charge in [0.25, 0.3) is 0 Å². The minimum atomic E-state index is -1.15. The lowest BCUT2D eigenvalue weighted by Gasteiger charge is -2.48. The van der Waals surface area contributed by atoms with Gasteiger partial charge in [-0.3, -0.25) is 9.59 Å². The highest BCUT2D eigenvalue weighted by Crippen LogP contribution is 2.40. The minimum Gasteiger partial charge on any atom is -0.444 e. The van der Waals surface area contributed by atoms with E-state index in [1.807, 2.05) is 33.8 Å². The van der Waals surface area contributed by atoms with E-state index < -0.39 is 22.8 Å². The Kier molecular flexibility index (Phi) is 7.91. The first-order valence-corrected chi connectivity index (χ1v) is 10.3. The van der Waals surface area contributed by atoms with Crippen molar-refractivity contribution in [3.05, 3.63) is 12.7 Å². The number of hydrogen-bond donors (Lipinski definition) is 3. The number of carbonyl (C=O) groups is 3. The van der Waals surface area contributed by atoms with Crippen LogP contribution in [-0.4, -0.2) is 40.6 Å². The summed E-state index contributed by atoms with van der Waals surface area (Å²) in [5, 5.41) is 8.83. The van der Waals surface area contributed by atoms with Gasteiger partial charge in [-0.1, -0.05) is 6.08 Å². The number of alkyl carbamates (subject to hydrolysis) is 1. The van der Waals surface area contributed by atoms with Gasteiger partial charge in [0, 0.05) is 24.4 Å². The van der Waals surface area contributed by atoms with E-state index in [2.05, 4.69) is 22.5 Å². The van der Waals surface area contributed by atoms with Crippen molar-refractivity contribution in [3.8, 4) is 0 Å². The van der Waals surface area contributed by atoms with Gasteiger partial charge in [-0.15, -0.1) is 6.58 Å². The third-order valence-corrected chi connectivity index (χ3v) is 5.04. The highest BCUT2D eigenvalue weighted by atomic mass is 16.6. The second kappa shape index (κ2) is 9.18. The standard InChI is InChI=1S/C22H39N3O4/c1-10-16-11-12-17(14(2)23-19(28)29-21(7,8)9)22(13-16,24-15(3)26)18(27)25-20(4,5)6/h10,14,16-17H,1,11-13H2,2-9H3,(H,23,28)(H,24,26)(H,25,27)/t14?,16-,17+,22-/m1/s1. The molecular weight excluding hydrogens is 370 g/mol. The summed E-state index contributed by atoms with van der Waals surface area (Å²) in [6.45, 7) is 18.2. The van der Waals surface area contributed by atoms with Gasteiger partial charge in [-0.25, -0.2) is 4.79 Å². The molecule has 0 radical (unpaired) electrons. The van der Waals surface area contributed by atoms with Crippen LogP contribution in [0, 0.1) is 11.8 Å². The number of carbonyl (C=O) groups excluding carboxylic acids is 3. The Labute approximate surface area is 175 Å². The molecular formula is C22H39N3O4. The predicted octanol–water partition coefficient (Wildman–Crippen LogP) is 3.29. The van der Waals surface area contributed by atoms with E-state index in [-0.39, 0.29) is 29.7 Å². The van der Waals surface area contributed by atoms with E-state index in [1.165, 1.54) is 6.92 Å². The highest BCUT2D eigenvalue weighted by Gasteiger charge is 2.52. The van der Waals surface area contributed by atoms with Crippen LogP contribution in [0.1, 0.15) is 74.7 Å². The van der Waals surface area contributed by atoms with Gasteiger partial charge in [-0.2, -0.15) is 0 Å². The third-order valence-electron chi connectivity index (χ3n) is 5.04. The molecule has 1 saturated carbocycles. The van der Waals surface area contributed by atoms with E-state index in [1.54, 1.807) is 20.8 Å². The van der Waals surface area contributed by atoms with Crippen molar-refractivity contribution >= 4 is 17.9 Å². The zero-order valence-corrected chi connectivity index (χ0v) is 19.3. The average molecular weight is 410 g/mol. The minimum absolute atomic E-state index is 0.0949. The number of amides is 3. The fourth-order valence-corrected chi connectivity index (χ4v) is 4.01. The van der Waals surface area contributed by atoms with Crippen LogP contribution in [-0.2, 0) is 14.3 Å². The molecule has 1 unspecified atom stereocenters. The maximum Gasteiger partial charge on any atom is 0.407 e. The topological polar surface area (TPSA) is 96.5 Å². The quantitative estimate of drug-likeness (QED) is 0.607. The van der Waals surface area contributed by atoms with Crippen molar-refractivity contribution in [2.24, 2.45) is 11.8 Å². The molecule has 0 aromatic heterocycles. The first-order valence-electron chi connectivity index (χ1n) is 10.3. The van der Waals surface area contributed by atoms with E-state index in [0.717, 1.165) is 6.42 Å². The molecule has 0 heterocycles. The van der Waals surface area contributed by atoms with Crippen molar-refractivity contribution in [1.82, 2.24) is 16.0 Å². The maximum absolute atomic E-state index is 13.5. The Morgan fingerprint density at radius 2 is 1.72 bits per heavy atom. The van der Waals surface area contributed by atoms with E-state index in [0.29, 0.717) is 12.8 Å². The van der Waals surface area contributed by atoms with Crippen LogP contribution in [0.2, 0.25) is 0 Å². The van der Waals surface area contributed by atoms with Crippen LogP contribution in [0.5, 0.6) is 0 Å². The Morgan fingerprint density at radius 3 is 2.17 bits per heavy atom. The molecule has 0 saturated heterocycles. The van der Waals surface area contributed by atoms with Crippen LogP contribution in [0.3, 0.4) is 0 Å². The molecule has 7 heteroatoms. The van der Waals surface area contributed by atoms with Crippen LogP contribution >= 0.6 is 0 Å². The van der Waals surface area contributed by atoms with Gasteiger partial charge in [0.05, 0.1) is 0 Å². The fraction of sp³-hybridized carbons (Fsp3) is 0.773. The van der Waals surface area contributed by atoms with Gasteiger partial charge < -0.3 is 20.7 Å². The number of hydrogen-bond acceptors (Lipinski definition) is 4. The fourth-order valence-electron chi connectivity index (χ4n) is 4.01. The average Bonchev–Trinajstić information content (AvgIpc) is 2.50. The molecule has 1 aliphatic rings. The van der Waals surface area contributed by atoms with Gasteiger partial charge >= 0.3 is 6.09 Å². The lowest BCUT2D eigenvalue weighted by atomic mass is 9.65. The van der Waals surface area contributed by atoms with Crippen molar-refractivity contribution in [1.29, 1.82) is 0 Å². The molecule has 0 aromatic rings. The van der Waals surface area contributed by atoms with Crippen LogP contribution < -0.4 is 16.0 Å². The Hall–Kier alpha value is -2.05. The van der Waals surface area contributed by atoms with Crippen LogP contribution in [0.15, 0.2) is 12.7 Å². The Bertz CT molecular complexity index is 633. The number of ether oxygens (including phenoxy) is 1. The monoisotopic (exact) mass is 409 g/mol. The predicted molar refractivity (Wildman–Crippen MR) is 114 cm³/mol. The molecule has 0 aliphatic heterocycles. The van der Waals surface area contributed by atoms with Crippen LogP contribution in [0.4, 0.5) is 4.79 Å². The number of nitrogens with one attached hydrogen (secondary N) is 3. The molecule has 0 aromatic carbocycles. The largest absolute Gasteiger partial charge is 0.444 e. The van der Waals surface area contributed by atoms with Gasteiger partial charge in [-0.05, 0) is 73.6 Å². The summed E-state index contributed by atoms with van der Waals surface area (Å²) >= 11 is 0. The van der Waals surface area contributed by atoms with E-state index >= 15 is 0 Å². The third kappa shape index (κ3) is 7.37. The summed E-state index contributed by atoms with van der Waals surface area (Å²) in [5.74, 6) is -0.724. The van der Waals surface area contributed by atoms with Crippen LogP contribution in [0.25, 0.3) is 0 Å².